The summed E-state index contributed by atoms with van der Waals surface area (Å²) in [7, 11) is -3.12. The van der Waals surface area contributed by atoms with Crippen LogP contribution in [0, 0.1) is 6.92 Å². The molecule has 2 saturated heterocycles. The molecule has 2 aliphatic rings. The maximum Gasteiger partial charge on any atom is 0.254 e. The Balaban J connectivity index is 1.62. The molecule has 2 amide bonds. The molecule has 0 bridgehead atoms. The highest BCUT2D eigenvalue weighted by atomic mass is 32.2. The van der Waals surface area contributed by atoms with Crippen molar-refractivity contribution in [3.8, 4) is 11.3 Å². The number of pyridine rings is 1. The quantitative estimate of drug-likeness (QED) is 0.567. The second-order valence-corrected chi connectivity index (χ2v) is 11.2. The van der Waals surface area contributed by atoms with E-state index in [1.807, 2.05) is 43.3 Å². The summed E-state index contributed by atoms with van der Waals surface area (Å²) in [5.41, 5.74) is 3.19. The average molecular weight is 482 g/mol. The number of aromatic nitrogens is 3. The Labute approximate surface area is 198 Å². The predicted molar refractivity (Wildman–Crippen MR) is 128 cm³/mol. The van der Waals surface area contributed by atoms with Gasteiger partial charge in [0, 0.05) is 38.7 Å². The van der Waals surface area contributed by atoms with Gasteiger partial charge in [-0.1, -0.05) is 30.3 Å². The minimum atomic E-state index is -3.12. The van der Waals surface area contributed by atoms with Crippen molar-refractivity contribution in [3.05, 3.63) is 47.7 Å². The molecule has 178 valence electrons. The number of carbonyl (C=O) groups excluding carboxylic acids is 2. The van der Waals surface area contributed by atoms with E-state index >= 15 is 0 Å². The highest BCUT2D eigenvalue weighted by Crippen LogP contribution is 2.32. The molecule has 0 N–H and O–H groups in total. The van der Waals surface area contributed by atoms with Gasteiger partial charge in [-0.3, -0.25) is 9.59 Å². The van der Waals surface area contributed by atoms with Gasteiger partial charge < -0.3 is 9.80 Å². The minimum absolute atomic E-state index is 0.00778. The normalized spacial score (nSPS) is 20.1. The first-order chi connectivity index (χ1) is 16.2. The zero-order chi connectivity index (χ0) is 24.0. The van der Waals surface area contributed by atoms with Gasteiger partial charge >= 0.3 is 0 Å². The van der Waals surface area contributed by atoms with Crippen molar-refractivity contribution >= 4 is 32.7 Å². The Morgan fingerprint density at radius 2 is 1.71 bits per heavy atom. The first kappa shape index (κ1) is 22.5. The molecule has 1 atom stereocenters. The van der Waals surface area contributed by atoms with E-state index < -0.39 is 9.84 Å². The summed E-state index contributed by atoms with van der Waals surface area (Å²) in [4.78, 5) is 33.8. The third kappa shape index (κ3) is 4.06. The molecular weight excluding hydrogens is 454 g/mol. The Morgan fingerprint density at radius 1 is 1.03 bits per heavy atom. The standard InChI is InChI=1S/C24H27N5O4S/c1-16-22-20(24(31)28-11-9-27(10-12-28)17(2)30)14-21(18-6-4-3-5-7-18)25-23(22)29(26-16)19-8-13-34(32,33)15-19/h3-7,14,19H,8-13,15H2,1-2H3/t19-/m0/s1. The first-order valence-corrected chi connectivity index (χ1v) is 13.3. The number of piperazine rings is 1. The van der Waals surface area contributed by atoms with Crippen LogP contribution >= 0.6 is 0 Å². The van der Waals surface area contributed by atoms with E-state index in [0.29, 0.717) is 60.6 Å². The molecular formula is C24H27N5O4S. The number of carbonyl (C=O) groups is 2. The molecule has 10 heteroatoms. The van der Waals surface area contributed by atoms with E-state index in [4.69, 9.17) is 4.98 Å². The Hall–Kier alpha value is -3.27. The summed E-state index contributed by atoms with van der Waals surface area (Å²) in [6.07, 6.45) is 0.478. The lowest BCUT2D eigenvalue weighted by Crippen LogP contribution is -2.50. The third-order valence-corrected chi connectivity index (χ3v) is 8.45. The fourth-order valence-electron chi connectivity index (χ4n) is 4.86. The zero-order valence-corrected chi connectivity index (χ0v) is 20.1. The van der Waals surface area contributed by atoms with E-state index in [0.717, 1.165) is 5.56 Å². The van der Waals surface area contributed by atoms with E-state index in [9.17, 15) is 18.0 Å². The number of fused-ring (bicyclic) bond motifs is 1. The number of sulfone groups is 1. The van der Waals surface area contributed by atoms with Gasteiger partial charge in [0.15, 0.2) is 15.5 Å². The molecule has 0 radical (unpaired) electrons. The summed E-state index contributed by atoms with van der Waals surface area (Å²) < 4.78 is 26.0. The number of amides is 2. The molecule has 2 aliphatic heterocycles. The van der Waals surface area contributed by atoms with Crippen LogP contribution in [-0.4, -0.2) is 82.5 Å². The van der Waals surface area contributed by atoms with Crippen molar-refractivity contribution in [2.24, 2.45) is 0 Å². The molecule has 4 heterocycles. The molecule has 0 aliphatic carbocycles. The van der Waals surface area contributed by atoms with E-state index in [1.54, 1.807) is 14.5 Å². The van der Waals surface area contributed by atoms with Crippen LogP contribution < -0.4 is 0 Å². The smallest absolute Gasteiger partial charge is 0.254 e. The number of benzene rings is 1. The fraction of sp³-hybridized carbons (Fsp3) is 0.417. The molecule has 5 rings (SSSR count). The van der Waals surface area contributed by atoms with Crippen LogP contribution in [-0.2, 0) is 14.6 Å². The number of hydrogen-bond acceptors (Lipinski definition) is 6. The monoisotopic (exact) mass is 481 g/mol. The second-order valence-electron chi connectivity index (χ2n) is 9.00. The Morgan fingerprint density at radius 3 is 2.32 bits per heavy atom. The molecule has 34 heavy (non-hydrogen) atoms. The van der Waals surface area contributed by atoms with Gasteiger partial charge in [0.1, 0.15) is 0 Å². The Bertz CT molecular complexity index is 1380. The van der Waals surface area contributed by atoms with Crippen molar-refractivity contribution < 1.29 is 18.0 Å². The van der Waals surface area contributed by atoms with Crippen LogP contribution in [0.1, 0.15) is 35.4 Å². The van der Waals surface area contributed by atoms with E-state index in [-0.39, 0.29) is 29.4 Å². The topological polar surface area (TPSA) is 105 Å². The molecule has 1 aromatic carbocycles. The number of nitrogens with zero attached hydrogens (tertiary/aromatic N) is 5. The third-order valence-electron chi connectivity index (χ3n) is 6.70. The summed E-state index contributed by atoms with van der Waals surface area (Å²) >= 11 is 0. The summed E-state index contributed by atoms with van der Waals surface area (Å²) in [5, 5.41) is 5.32. The molecule has 2 fully saturated rings. The molecule has 0 unspecified atom stereocenters. The SMILES string of the molecule is CC(=O)N1CCN(C(=O)c2cc(-c3ccccc3)nc3c2c(C)nn3[C@H]2CCS(=O)(=O)C2)CC1. The van der Waals surface area contributed by atoms with Crippen LogP contribution in [0.15, 0.2) is 36.4 Å². The first-order valence-electron chi connectivity index (χ1n) is 11.4. The summed E-state index contributed by atoms with van der Waals surface area (Å²) in [5.74, 6) is 0.0299. The van der Waals surface area contributed by atoms with Gasteiger partial charge in [-0.05, 0) is 19.4 Å². The zero-order valence-electron chi connectivity index (χ0n) is 19.3. The Kier molecular flexibility index (Phi) is 5.63. The van der Waals surface area contributed by atoms with E-state index in [2.05, 4.69) is 5.10 Å². The van der Waals surface area contributed by atoms with Crippen molar-refractivity contribution in [2.75, 3.05) is 37.7 Å². The van der Waals surface area contributed by atoms with Gasteiger partial charge in [-0.2, -0.15) is 5.10 Å². The van der Waals surface area contributed by atoms with E-state index in [1.165, 1.54) is 6.92 Å². The number of aryl methyl sites for hydroxylation is 1. The van der Waals surface area contributed by atoms with Crippen LogP contribution in [0.5, 0.6) is 0 Å². The lowest BCUT2D eigenvalue weighted by atomic mass is 10.0. The molecule has 9 nitrogen and oxygen atoms in total. The fourth-order valence-corrected chi connectivity index (χ4v) is 6.55. The lowest BCUT2D eigenvalue weighted by Gasteiger charge is -2.34. The van der Waals surface area contributed by atoms with Crippen LogP contribution in [0.4, 0.5) is 0 Å². The highest BCUT2D eigenvalue weighted by Gasteiger charge is 2.33. The van der Waals surface area contributed by atoms with Crippen molar-refractivity contribution in [1.29, 1.82) is 0 Å². The number of rotatable bonds is 3. The lowest BCUT2D eigenvalue weighted by molar-refractivity contribution is -0.130. The van der Waals surface area contributed by atoms with Crippen molar-refractivity contribution in [1.82, 2.24) is 24.6 Å². The van der Waals surface area contributed by atoms with Gasteiger partial charge in [-0.25, -0.2) is 18.1 Å². The van der Waals surface area contributed by atoms with Gasteiger partial charge in [-0.15, -0.1) is 0 Å². The molecule has 0 saturated carbocycles. The molecule has 0 spiro atoms. The summed E-state index contributed by atoms with van der Waals surface area (Å²) in [6.45, 7) is 5.28. The van der Waals surface area contributed by atoms with Gasteiger partial charge in [0.25, 0.3) is 5.91 Å². The second kappa shape index (κ2) is 8.50. The predicted octanol–water partition coefficient (Wildman–Crippen LogP) is 2.07. The number of hydrogen-bond donors (Lipinski definition) is 0. The van der Waals surface area contributed by atoms with Crippen LogP contribution in [0.3, 0.4) is 0 Å². The van der Waals surface area contributed by atoms with Crippen molar-refractivity contribution in [2.45, 2.75) is 26.3 Å². The maximum atomic E-state index is 13.7. The van der Waals surface area contributed by atoms with Crippen LogP contribution in [0.2, 0.25) is 0 Å². The molecule has 2 aromatic heterocycles. The van der Waals surface area contributed by atoms with Crippen molar-refractivity contribution in [3.63, 3.8) is 0 Å². The van der Waals surface area contributed by atoms with Crippen LogP contribution in [0.25, 0.3) is 22.3 Å². The maximum absolute atomic E-state index is 13.7. The van der Waals surface area contributed by atoms with Gasteiger partial charge in [0.2, 0.25) is 5.91 Å². The largest absolute Gasteiger partial charge is 0.339 e. The minimum Gasteiger partial charge on any atom is -0.339 e. The average Bonchev–Trinajstić information content (AvgIpc) is 3.37. The summed E-state index contributed by atoms with van der Waals surface area (Å²) in [6, 6.07) is 11.1. The highest BCUT2D eigenvalue weighted by molar-refractivity contribution is 7.91. The van der Waals surface area contributed by atoms with Gasteiger partial charge in [0.05, 0.1) is 39.9 Å². The molecule has 3 aromatic rings.